The van der Waals surface area contributed by atoms with Gasteiger partial charge in [0.05, 0.1) is 17.6 Å². The van der Waals surface area contributed by atoms with Crippen molar-refractivity contribution in [2.45, 2.75) is 61.4 Å². The van der Waals surface area contributed by atoms with Crippen LogP contribution in [0.15, 0.2) is 24.3 Å². The van der Waals surface area contributed by atoms with Crippen molar-refractivity contribution in [3.63, 3.8) is 0 Å². The fourth-order valence-corrected chi connectivity index (χ4v) is 8.53. The molecule has 2 N–H and O–H groups in total. The number of ether oxygens (including phenoxy) is 2. The van der Waals surface area contributed by atoms with Crippen LogP contribution in [0.25, 0.3) is 32.9 Å². The number of rotatable bonds is 4. The molecular formula is C34H29F5N6O3. The molecule has 48 heavy (non-hydrogen) atoms. The fraction of sp³-hybridized carbons (Fsp3) is 0.441. The van der Waals surface area contributed by atoms with Gasteiger partial charge in [0.1, 0.15) is 59.4 Å². The molecule has 7 heterocycles. The summed E-state index contributed by atoms with van der Waals surface area (Å²) in [7, 11) is 0. The van der Waals surface area contributed by atoms with Gasteiger partial charge in [-0.05, 0) is 43.0 Å². The summed E-state index contributed by atoms with van der Waals surface area (Å²) in [6.07, 6.45) is 6.26. The lowest BCUT2D eigenvalue weighted by Crippen LogP contribution is -2.69. The highest BCUT2D eigenvalue weighted by Gasteiger charge is 2.61. The van der Waals surface area contributed by atoms with E-state index in [1.165, 1.54) is 23.1 Å². The standard InChI is InChI=1S/C34H29F5N6O3/c1-2-20-22(36)5-4-17-10-19(46)11-21(24(17)20)27-26(37)28-25-29(42-31(41-28)48-16-32-6-3-9-44(32)13-18(35)12-32)45-15-33(38)7-8-34(39,43-33)23(45)14-47-30(25)40-27/h1,4-5,10-11,18,23,43,46H,3,6-9,12-16H2/t18-,23-,32+,33-,34+/m1/s1. The second kappa shape index (κ2) is 10.0. The first-order valence-electron chi connectivity index (χ1n) is 15.9. The highest BCUT2D eigenvalue weighted by atomic mass is 19.2. The number of fused-ring (bicyclic) bond motifs is 7. The Bertz CT molecular complexity index is 2100. The first-order chi connectivity index (χ1) is 23.0. The third kappa shape index (κ3) is 4.19. The number of terminal acetylenes is 1. The fourth-order valence-electron chi connectivity index (χ4n) is 8.53. The van der Waals surface area contributed by atoms with Gasteiger partial charge in [-0.15, -0.1) is 6.42 Å². The Morgan fingerprint density at radius 2 is 1.98 bits per heavy atom. The van der Waals surface area contributed by atoms with E-state index < -0.39 is 41.0 Å². The van der Waals surface area contributed by atoms with Crippen LogP contribution >= 0.6 is 0 Å². The van der Waals surface area contributed by atoms with E-state index in [1.54, 1.807) is 0 Å². The molecule has 5 aliphatic heterocycles. The van der Waals surface area contributed by atoms with E-state index in [1.807, 2.05) is 4.90 Å². The molecule has 0 amide bonds. The zero-order valence-electron chi connectivity index (χ0n) is 25.5. The van der Waals surface area contributed by atoms with Gasteiger partial charge in [0.2, 0.25) is 5.88 Å². The number of alkyl halides is 3. The summed E-state index contributed by atoms with van der Waals surface area (Å²) < 4.78 is 90.8. The topological polar surface area (TPSA) is 95.9 Å². The number of hydrogen-bond donors (Lipinski definition) is 2. The van der Waals surface area contributed by atoms with E-state index in [9.17, 15) is 13.9 Å². The zero-order chi connectivity index (χ0) is 33.2. The molecule has 0 spiro atoms. The Morgan fingerprint density at radius 3 is 2.81 bits per heavy atom. The number of phenolic OH excluding ortho intramolecular Hbond substituents is 1. The number of nitrogens with one attached hydrogen (secondary N) is 1. The molecular weight excluding hydrogens is 635 g/mol. The molecule has 0 aliphatic carbocycles. The van der Waals surface area contributed by atoms with Crippen molar-refractivity contribution in [3.05, 3.63) is 41.5 Å². The minimum atomic E-state index is -2.20. The SMILES string of the molecule is C#Cc1c(F)ccc2cc(O)cc(-c3nc4c5c(nc(OC[C@@]67CCCN6C[C@H](F)C7)nc5c3F)N3C[C@@]5(F)CC[C@](F)(N5)[C@H]3CO4)c12. The number of anilines is 1. The third-order valence-electron chi connectivity index (χ3n) is 10.7. The van der Waals surface area contributed by atoms with Gasteiger partial charge in [-0.3, -0.25) is 4.90 Å². The van der Waals surface area contributed by atoms with E-state index in [0.29, 0.717) is 11.8 Å². The number of aromatic nitrogens is 3. The van der Waals surface area contributed by atoms with Crippen molar-refractivity contribution in [1.29, 1.82) is 0 Å². The summed E-state index contributed by atoms with van der Waals surface area (Å²) in [5.41, 5.74) is -1.48. The molecule has 0 radical (unpaired) electrons. The molecule has 248 valence electrons. The molecule has 4 aromatic rings. The lowest BCUT2D eigenvalue weighted by atomic mass is 9.95. The monoisotopic (exact) mass is 664 g/mol. The highest BCUT2D eigenvalue weighted by Crippen LogP contribution is 2.49. The number of nitrogens with zero attached hydrogens (tertiary/aromatic N) is 5. The number of pyridine rings is 1. The second-order valence-corrected chi connectivity index (χ2v) is 13.6. The zero-order valence-corrected chi connectivity index (χ0v) is 25.5. The van der Waals surface area contributed by atoms with E-state index in [2.05, 4.69) is 26.2 Å². The van der Waals surface area contributed by atoms with Gasteiger partial charge in [-0.1, -0.05) is 12.0 Å². The predicted octanol–water partition coefficient (Wildman–Crippen LogP) is 5.06. The maximum absolute atomic E-state index is 17.0. The number of halogens is 5. The Hall–Kier alpha value is -4.48. The quantitative estimate of drug-likeness (QED) is 0.176. The van der Waals surface area contributed by atoms with Gasteiger partial charge in [0, 0.05) is 36.8 Å². The third-order valence-corrected chi connectivity index (χ3v) is 10.7. The van der Waals surface area contributed by atoms with Gasteiger partial charge in [0.25, 0.3) is 0 Å². The summed E-state index contributed by atoms with van der Waals surface area (Å²) in [6.45, 7) is 0.407. The van der Waals surface area contributed by atoms with Crippen LogP contribution in [0.2, 0.25) is 0 Å². The Labute approximate surface area is 271 Å². The van der Waals surface area contributed by atoms with Crippen LogP contribution in [0.3, 0.4) is 0 Å². The maximum Gasteiger partial charge on any atom is 0.319 e. The van der Waals surface area contributed by atoms with E-state index in [4.69, 9.17) is 15.9 Å². The van der Waals surface area contributed by atoms with Crippen LogP contribution in [-0.4, -0.2) is 87.1 Å². The Kier molecular flexibility index (Phi) is 6.19. The molecule has 9 rings (SSSR count). The molecule has 4 fully saturated rings. The largest absolute Gasteiger partial charge is 0.508 e. The average molecular weight is 665 g/mol. The minimum absolute atomic E-state index is 0.0222. The first kappa shape index (κ1) is 29.6. The summed E-state index contributed by atoms with van der Waals surface area (Å²) in [6, 6.07) is 3.76. The summed E-state index contributed by atoms with van der Waals surface area (Å²) in [4.78, 5) is 17.0. The van der Waals surface area contributed by atoms with E-state index >= 15 is 13.2 Å². The van der Waals surface area contributed by atoms with Gasteiger partial charge in [0.15, 0.2) is 17.4 Å². The lowest BCUT2D eigenvalue weighted by molar-refractivity contribution is -0.000263. The van der Waals surface area contributed by atoms with Crippen molar-refractivity contribution in [1.82, 2.24) is 25.2 Å². The smallest absolute Gasteiger partial charge is 0.319 e. The van der Waals surface area contributed by atoms with Crippen molar-refractivity contribution in [2.75, 3.05) is 37.7 Å². The normalized spacial score (nSPS) is 30.6. The lowest BCUT2D eigenvalue weighted by Gasteiger charge is -2.45. The number of aromatic hydroxyl groups is 1. The number of phenols is 1. The molecule has 5 atom stereocenters. The molecule has 14 heteroatoms. The number of piperazine rings is 1. The van der Waals surface area contributed by atoms with Gasteiger partial charge in [-0.25, -0.2) is 32.3 Å². The van der Waals surface area contributed by atoms with Crippen molar-refractivity contribution in [3.8, 4) is 41.2 Å². The Balaban J connectivity index is 1.26. The van der Waals surface area contributed by atoms with E-state index in [-0.39, 0.29) is 102 Å². The highest BCUT2D eigenvalue weighted by molar-refractivity contribution is 6.04. The summed E-state index contributed by atoms with van der Waals surface area (Å²) in [5, 5.41) is 13.5. The van der Waals surface area contributed by atoms with Crippen LogP contribution < -0.4 is 19.7 Å². The summed E-state index contributed by atoms with van der Waals surface area (Å²) in [5.74, 6) is -4.16. The molecule has 2 bridgehead atoms. The van der Waals surface area contributed by atoms with E-state index in [0.717, 1.165) is 19.0 Å². The molecule has 5 aliphatic rings. The van der Waals surface area contributed by atoms with Crippen LogP contribution in [0.4, 0.5) is 27.8 Å². The van der Waals surface area contributed by atoms with Crippen molar-refractivity contribution >= 4 is 27.5 Å². The molecule has 2 aromatic carbocycles. The first-order valence-corrected chi connectivity index (χ1v) is 15.9. The van der Waals surface area contributed by atoms with Crippen molar-refractivity contribution in [2.24, 2.45) is 0 Å². The van der Waals surface area contributed by atoms with Gasteiger partial charge < -0.3 is 19.5 Å². The van der Waals surface area contributed by atoms with Crippen LogP contribution in [0.5, 0.6) is 17.6 Å². The number of hydrogen-bond acceptors (Lipinski definition) is 9. The van der Waals surface area contributed by atoms with Gasteiger partial charge in [-0.2, -0.15) is 9.97 Å². The number of benzene rings is 2. The molecule has 2 aromatic heterocycles. The summed E-state index contributed by atoms with van der Waals surface area (Å²) >= 11 is 0. The average Bonchev–Trinajstić information content (AvgIpc) is 3.62. The molecule has 9 nitrogen and oxygen atoms in total. The second-order valence-electron chi connectivity index (χ2n) is 13.6. The van der Waals surface area contributed by atoms with Crippen molar-refractivity contribution < 1.29 is 36.5 Å². The van der Waals surface area contributed by atoms with Crippen LogP contribution in [0.1, 0.15) is 37.7 Å². The molecule has 0 saturated carbocycles. The Morgan fingerprint density at radius 1 is 1.12 bits per heavy atom. The minimum Gasteiger partial charge on any atom is -0.508 e. The molecule has 0 unspecified atom stereocenters. The van der Waals surface area contributed by atoms with Crippen LogP contribution in [-0.2, 0) is 0 Å². The van der Waals surface area contributed by atoms with Gasteiger partial charge >= 0.3 is 6.01 Å². The maximum atomic E-state index is 17.0. The van der Waals surface area contributed by atoms with Crippen LogP contribution in [0, 0.1) is 24.0 Å². The predicted molar refractivity (Wildman–Crippen MR) is 165 cm³/mol. The molecule has 4 saturated heterocycles.